The molecule has 2 aromatic heterocycles. The van der Waals surface area contributed by atoms with Gasteiger partial charge in [0.05, 0.1) is 12.3 Å². The number of hydrogen-bond donors (Lipinski definition) is 3. The van der Waals surface area contributed by atoms with E-state index in [2.05, 4.69) is 32.2 Å². The normalized spacial score (nSPS) is 14.7. The number of aryl methyl sites for hydroxylation is 2. The van der Waals surface area contributed by atoms with Crippen LogP contribution in [0.5, 0.6) is 5.88 Å². The Morgan fingerprint density at radius 2 is 2.00 bits per heavy atom. The van der Waals surface area contributed by atoms with Crippen molar-refractivity contribution in [3.63, 3.8) is 0 Å². The zero-order valence-corrected chi connectivity index (χ0v) is 22.8. The maximum absolute atomic E-state index is 13.5. The van der Waals surface area contributed by atoms with E-state index in [-0.39, 0.29) is 30.0 Å². The maximum Gasteiger partial charge on any atom is 0.253 e. The molecule has 1 aromatic carbocycles. The summed E-state index contributed by atoms with van der Waals surface area (Å²) < 4.78 is 5.55. The molecule has 204 valence electrons. The molecule has 39 heavy (non-hydrogen) atoms. The molecule has 0 aliphatic carbocycles. The molecule has 3 aromatic rings. The average Bonchev–Trinajstić information content (AvgIpc) is 3.37. The van der Waals surface area contributed by atoms with Crippen LogP contribution in [0.3, 0.4) is 0 Å². The molecule has 0 radical (unpaired) electrons. The number of aromatic nitrogens is 3. The first-order valence-electron chi connectivity index (χ1n) is 13.0. The molecule has 3 heterocycles. The van der Waals surface area contributed by atoms with Crippen molar-refractivity contribution in [2.75, 3.05) is 25.0 Å². The lowest BCUT2D eigenvalue weighted by Crippen LogP contribution is -2.31. The van der Waals surface area contributed by atoms with Crippen LogP contribution in [0.25, 0.3) is 11.3 Å². The fraction of sp³-hybridized carbons (Fsp3) is 0.345. The number of H-pyrrole nitrogens is 1. The largest absolute Gasteiger partial charge is 0.478 e. The highest BCUT2D eigenvalue weighted by molar-refractivity contribution is 5.98. The topological polar surface area (TPSA) is 129 Å². The Balaban J connectivity index is 1.67. The highest BCUT2D eigenvalue weighted by atomic mass is 16.5. The van der Waals surface area contributed by atoms with E-state index in [9.17, 15) is 14.4 Å². The third kappa shape index (κ3) is 6.34. The van der Waals surface area contributed by atoms with Crippen molar-refractivity contribution in [1.29, 1.82) is 0 Å². The van der Waals surface area contributed by atoms with E-state index in [4.69, 9.17) is 4.74 Å². The second-order valence-electron chi connectivity index (χ2n) is 9.61. The highest BCUT2D eigenvalue weighted by Gasteiger charge is 2.26. The monoisotopic (exact) mass is 530 g/mol. The molecule has 10 heteroatoms. The molecule has 1 unspecified atom stereocenters. The molecule has 1 saturated heterocycles. The molecule has 0 bridgehead atoms. The Morgan fingerprint density at radius 1 is 1.21 bits per heavy atom. The van der Waals surface area contributed by atoms with Gasteiger partial charge in [0.15, 0.2) is 0 Å². The van der Waals surface area contributed by atoms with Crippen molar-refractivity contribution in [3.8, 4) is 17.1 Å². The number of carbonyl (C=O) groups excluding carboxylic acids is 2. The van der Waals surface area contributed by atoms with E-state index in [0.717, 1.165) is 28.9 Å². The second kappa shape index (κ2) is 11.9. The Morgan fingerprint density at radius 3 is 2.72 bits per heavy atom. The van der Waals surface area contributed by atoms with Crippen LogP contribution in [0, 0.1) is 20.8 Å². The summed E-state index contributed by atoms with van der Waals surface area (Å²) in [6.45, 7) is 12.7. The molecule has 4 rings (SSSR count). The molecule has 2 amide bonds. The summed E-state index contributed by atoms with van der Waals surface area (Å²) in [7, 11) is 0. The summed E-state index contributed by atoms with van der Waals surface area (Å²) in [4.78, 5) is 51.1. The predicted octanol–water partition coefficient (Wildman–Crippen LogP) is 3.28. The van der Waals surface area contributed by atoms with Crippen LogP contribution >= 0.6 is 0 Å². The van der Waals surface area contributed by atoms with Gasteiger partial charge in [-0.15, -0.1) is 0 Å². The average molecular weight is 531 g/mol. The molecule has 0 saturated carbocycles. The third-order valence-corrected chi connectivity index (χ3v) is 6.84. The number of nitrogens with zero attached hydrogens (tertiary/aromatic N) is 3. The summed E-state index contributed by atoms with van der Waals surface area (Å²) in [5.41, 5.74) is 5.14. The lowest BCUT2D eigenvalue weighted by molar-refractivity contribution is -0.125. The van der Waals surface area contributed by atoms with Gasteiger partial charge in [-0.2, -0.15) is 0 Å². The SMILES string of the molecule is C=CC(=O)N1CCC(Nc2cc(-c3cc(OCC)ncn3)cc(C(=O)NCc3c(C)cc(C)[nH]c3=O)c2C)C1. The summed E-state index contributed by atoms with van der Waals surface area (Å²) in [6.07, 6.45) is 3.51. The Kier molecular flexibility index (Phi) is 8.43. The minimum Gasteiger partial charge on any atom is -0.478 e. The number of nitrogens with one attached hydrogen (secondary N) is 3. The Labute approximate surface area is 227 Å². The standard InChI is InChI=1S/C29H34N6O4/c1-6-27(36)35-9-8-21(15-35)34-24-12-20(25-13-26(39-7-2)32-16-31-25)11-22(19(24)5)28(37)30-14-23-17(3)10-18(4)33-29(23)38/h6,10-13,16,21,34H,1,7-9,14-15H2,2-5H3,(H,30,37)(H,33,38). The molecule has 10 nitrogen and oxygen atoms in total. The van der Waals surface area contributed by atoms with Crippen molar-refractivity contribution in [2.24, 2.45) is 0 Å². The predicted molar refractivity (Wildman–Crippen MR) is 150 cm³/mol. The van der Waals surface area contributed by atoms with E-state index >= 15 is 0 Å². The van der Waals surface area contributed by atoms with Crippen molar-refractivity contribution in [3.05, 3.63) is 81.5 Å². The Hall–Kier alpha value is -4.47. The van der Waals surface area contributed by atoms with Gasteiger partial charge in [-0.05, 0) is 69.5 Å². The van der Waals surface area contributed by atoms with Crippen LogP contribution in [-0.4, -0.2) is 57.4 Å². The minimum absolute atomic E-state index is 0.0110. The number of likely N-dealkylation sites (tertiary alicyclic amines) is 1. The zero-order valence-electron chi connectivity index (χ0n) is 22.8. The van der Waals surface area contributed by atoms with Crippen molar-refractivity contribution < 1.29 is 14.3 Å². The van der Waals surface area contributed by atoms with Crippen LogP contribution in [0.1, 0.15) is 46.1 Å². The van der Waals surface area contributed by atoms with Gasteiger partial charge in [-0.1, -0.05) is 6.58 Å². The first-order chi connectivity index (χ1) is 18.7. The van der Waals surface area contributed by atoms with Crippen molar-refractivity contribution >= 4 is 17.5 Å². The zero-order chi connectivity index (χ0) is 28.1. The number of pyridine rings is 1. The van der Waals surface area contributed by atoms with Crippen LogP contribution in [0.15, 0.2) is 48.0 Å². The number of benzene rings is 1. The van der Waals surface area contributed by atoms with Crippen molar-refractivity contribution in [1.82, 2.24) is 25.2 Å². The minimum atomic E-state index is -0.314. The van der Waals surface area contributed by atoms with Crippen LogP contribution in [0.2, 0.25) is 0 Å². The summed E-state index contributed by atoms with van der Waals surface area (Å²) in [6, 6.07) is 7.34. The first kappa shape index (κ1) is 27.6. The molecular formula is C29H34N6O4. The fourth-order valence-electron chi connectivity index (χ4n) is 4.76. The number of ether oxygens (including phenoxy) is 1. The smallest absolute Gasteiger partial charge is 0.253 e. The van der Waals surface area contributed by atoms with E-state index in [1.54, 1.807) is 17.0 Å². The molecule has 0 spiro atoms. The number of hydrogen-bond acceptors (Lipinski definition) is 7. The molecule has 3 N–H and O–H groups in total. The second-order valence-corrected chi connectivity index (χ2v) is 9.61. The number of carbonyl (C=O) groups is 2. The van der Waals surface area contributed by atoms with Gasteiger partial charge in [0.25, 0.3) is 11.5 Å². The molecular weight excluding hydrogens is 496 g/mol. The van der Waals surface area contributed by atoms with Crippen LogP contribution < -0.4 is 20.9 Å². The lowest BCUT2D eigenvalue weighted by Gasteiger charge is -2.20. The fourth-order valence-corrected chi connectivity index (χ4v) is 4.76. The molecule has 1 fully saturated rings. The van der Waals surface area contributed by atoms with Crippen LogP contribution in [-0.2, 0) is 11.3 Å². The van der Waals surface area contributed by atoms with Gasteiger partial charge in [-0.25, -0.2) is 9.97 Å². The van der Waals surface area contributed by atoms with Crippen LogP contribution in [0.4, 0.5) is 5.69 Å². The van der Waals surface area contributed by atoms with E-state index in [1.165, 1.54) is 12.4 Å². The quantitative estimate of drug-likeness (QED) is 0.362. The number of rotatable bonds is 9. The van der Waals surface area contributed by atoms with Gasteiger partial charge in [0.1, 0.15) is 6.33 Å². The van der Waals surface area contributed by atoms with E-state index < -0.39 is 0 Å². The van der Waals surface area contributed by atoms with Gasteiger partial charge >= 0.3 is 0 Å². The van der Waals surface area contributed by atoms with Gasteiger partial charge in [0, 0.05) is 59.8 Å². The molecule has 1 aliphatic rings. The van der Waals surface area contributed by atoms with E-state index in [0.29, 0.717) is 48.0 Å². The maximum atomic E-state index is 13.5. The van der Waals surface area contributed by atoms with Gasteiger partial charge in [0.2, 0.25) is 11.8 Å². The van der Waals surface area contributed by atoms with Gasteiger partial charge in [-0.3, -0.25) is 14.4 Å². The van der Waals surface area contributed by atoms with E-state index in [1.807, 2.05) is 39.8 Å². The Bertz CT molecular complexity index is 1460. The lowest BCUT2D eigenvalue weighted by atomic mass is 9.99. The van der Waals surface area contributed by atoms with Gasteiger partial charge < -0.3 is 25.3 Å². The molecule has 1 aliphatic heterocycles. The summed E-state index contributed by atoms with van der Waals surface area (Å²) in [5.74, 6) is 0.0217. The van der Waals surface area contributed by atoms with Crippen molar-refractivity contribution in [2.45, 2.75) is 46.7 Å². The summed E-state index contributed by atoms with van der Waals surface area (Å²) >= 11 is 0. The highest BCUT2D eigenvalue weighted by Crippen LogP contribution is 2.30. The summed E-state index contributed by atoms with van der Waals surface area (Å²) in [5, 5.41) is 6.43. The number of aromatic amines is 1. The third-order valence-electron chi connectivity index (χ3n) is 6.84. The first-order valence-corrected chi connectivity index (χ1v) is 13.0. The number of amides is 2. The number of anilines is 1. The molecule has 1 atom stereocenters.